The third-order valence-corrected chi connectivity index (χ3v) is 7.26. The number of nitrogens with zero attached hydrogens (tertiary/aromatic N) is 3. The van der Waals surface area contributed by atoms with Gasteiger partial charge in [0.1, 0.15) is 11.8 Å². The quantitative estimate of drug-likeness (QED) is 0.441. The van der Waals surface area contributed by atoms with Crippen molar-refractivity contribution in [3.05, 3.63) is 64.0 Å². The molecule has 172 valence electrons. The fraction of sp³-hybridized carbons (Fsp3) is 0.407. The first-order chi connectivity index (χ1) is 15.9. The largest absolute Gasteiger partial charge is 0.361 e. The molecule has 0 radical (unpaired) electrons. The zero-order valence-corrected chi connectivity index (χ0v) is 20.3. The normalized spacial score (nSPS) is 18.2. The number of anilines is 2. The van der Waals surface area contributed by atoms with Gasteiger partial charge >= 0.3 is 0 Å². The third-order valence-electron chi connectivity index (χ3n) is 6.95. The number of halogens is 1. The molecule has 2 aromatic carbocycles. The van der Waals surface area contributed by atoms with Gasteiger partial charge in [0, 0.05) is 23.5 Å². The number of nitriles is 1. The Morgan fingerprint density at radius 2 is 1.82 bits per heavy atom. The van der Waals surface area contributed by atoms with Crippen LogP contribution < -0.4 is 10.6 Å². The molecular weight excluding hydrogens is 432 g/mol. The van der Waals surface area contributed by atoms with Crippen LogP contribution in [0.1, 0.15) is 48.3 Å². The number of hydrogen-bond acceptors (Lipinski definition) is 5. The molecule has 0 bridgehead atoms. The average Bonchev–Trinajstić information content (AvgIpc) is 3.16. The van der Waals surface area contributed by atoms with Crippen molar-refractivity contribution in [2.45, 2.75) is 46.5 Å². The Labute approximate surface area is 201 Å². The molecule has 33 heavy (non-hydrogen) atoms. The Balaban J connectivity index is 1.75. The topological polar surface area (TPSA) is 79.1 Å². The van der Waals surface area contributed by atoms with Gasteiger partial charge in [-0.2, -0.15) is 5.26 Å². The van der Waals surface area contributed by atoms with Crippen LogP contribution in [0, 0.1) is 43.9 Å². The van der Waals surface area contributed by atoms with E-state index in [1.54, 1.807) is 0 Å². The van der Waals surface area contributed by atoms with Crippen molar-refractivity contribution in [1.29, 1.82) is 5.26 Å². The molecule has 0 atom stereocenters. The number of aryl methyl sites for hydroxylation is 3. The van der Waals surface area contributed by atoms with Crippen LogP contribution in [0.25, 0.3) is 11.1 Å². The van der Waals surface area contributed by atoms with Crippen molar-refractivity contribution < 1.29 is 4.52 Å². The van der Waals surface area contributed by atoms with Gasteiger partial charge in [-0.05, 0) is 100 Å². The maximum absolute atomic E-state index is 9.34. The Hall–Kier alpha value is -2.81. The summed E-state index contributed by atoms with van der Waals surface area (Å²) in [6.07, 6.45) is 4.71. The number of benzene rings is 2. The molecule has 0 unspecified atom stereocenters. The highest BCUT2D eigenvalue weighted by Gasteiger charge is 2.25. The second-order valence-electron chi connectivity index (χ2n) is 9.21. The van der Waals surface area contributed by atoms with Crippen molar-refractivity contribution >= 4 is 23.0 Å². The highest BCUT2D eigenvalue weighted by Crippen LogP contribution is 2.38. The molecule has 1 aromatic heterocycles. The lowest BCUT2D eigenvalue weighted by molar-refractivity contribution is 0.284. The molecule has 1 aliphatic rings. The zero-order chi connectivity index (χ0) is 23.5. The van der Waals surface area contributed by atoms with E-state index < -0.39 is 0 Å². The summed E-state index contributed by atoms with van der Waals surface area (Å²) in [5.74, 6) is 2.03. The summed E-state index contributed by atoms with van der Waals surface area (Å²) >= 11 is 6.45. The summed E-state index contributed by atoms with van der Waals surface area (Å²) in [5.41, 5.74) is 12.7. The van der Waals surface area contributed by atoms with Crippen LogP contribution in [-0.2, 0) is 0 Å². The van der Waals surface area contributed by atoms with Gasteiger partial charge in [-0.1, -0.05) is 28.9 Å². The lowest BCUT2D eigenvalue weighted by Gasteiger charge is -2.34. The summed E-state index contributed by atoms with van der Waals surface area (Å²) in [5, 5.41) is 14.0. The van der Waals surface area contributed by atoms with E-state index in [2.05, 4.69) is 41.2 Å². The molecule has 0 aliphatic heterocycles. The summed E-state index contributed by atoms with van der Waals surface area (Å²) in [6, 6.07) is 14.4. The fourth-order valence-corrected chi connectivity index (χ4v) is 5.18. The molecule has 5 nitrogen and oxygen atoms in total. The minimum Gasteiger partial charge on any atom is -0.361 e. The van der Waals surface area contributed by atoms with Crippen molar-refractivity contribution in [1.82, 2.24) is 5.16 Å². The lowest BCUT2D eigenvalue weighted by atomic mass is 9.81. The number of aromatic nitrogens is 1. The van der Waals surface area contributed by atoms with Gasteiger partial charge in [0.25, 0.3) is 0 Å². The molecular formula is C27H31ClN4O. The highest BCUT2D eigenvalue weighted by molar-refractivity contribution is 6.32. The first-order valence-electron chi connectivity index (χ1n) is 11.6. The van der Waals surface area contributed by atoms with Gasteiger partial charge in [0.05, 0.1) is 16.3 Å². The van der Waals surface area contributed by atoms with Crippen LogP contribution >= 0.6 is 11.6 Å². The molecule has 1 saturated carbocycles. The van der Waals surface area contributed by atoms with Crippen LogP contribution in [-0.4, -0.2) is 18.2 Å². The van der Waals surface area contributed by atoms with E-state index in [-0.39, 0.29) is 0 Å². The molecule has 1 fully saturated rings. The Morgan fingerprint density at radius 1 is 1.09 bits per heavy atom. The predicted molar refractivity (Wildman–Crippen MR) is 134 cm³/mol. The first-order valence-corrected chi connectivity index (χ1v) is 12.0. The van der Waals surface area contributed by atoms with Crippen LogP contribution in [0.3, 0.4) is 0 Å². The van der Waals surface area contributed by atoms with Gasteiger partial charge in [-0.3, -0.25) is 0 Å². The maximum atomic E-state index is 9.34. The monoisotopic (exact) mass is 462 g/mol. The van der Waals surface area contributed by atoms with Crippen molar-refractivity contribution in [3.8, 4) is 17.2 Å². The SMILES string of the molecule is Cc1ccc(-c2c(C)noc2C)cc1N(CC1CCC(CN)CC1)c1ccc(C#N)c(Cl)c1. The third kappa shape index (κ3) is 4.93. The minimum atomic E-state index is 0.478. The molecule has 4 rings (SSSR count). The van der Waals surface area contributed by atoms with Gasteiger partial charge in [-0.15, -0.1) is 0 Å². The smallest absolute Gasteiger partial charge is 0.141 e. The molecule has 0 spiro atoms. The van der Waals surface area contributed by atoms with E-state index in [0.29, 0.717) is 22.4 Å². The van der Waals surface area contributed by atoms with Crippen molar-refractivity contribution in [3.63, 3.8) is 0 Å². The molecule has 0 amide bonds. The van der Waals surface area contributed by atoms with Crippen LogP contribution in [0.5, 0.6) is 0 Å². The standard InChI is InChI=1S/C27H31ClN4O/c1-17-4-9-22(27-18(2)31-33-19(27)3)12-26(17)32(16-21-7-5-20(14-29)6-8-21)24-11-10-23(15-30)25(28)13-24/h4,9-13,20-21H,5-8,14,16,29H2,1-3H3. The molecule has 1 aliphatic carbocycles. The molecule has 2 N–H and O–H groups in total. The van der Waals surface area contributed by atoms with Crippen LogP contribution in [0.15, 0.2) is 40.9 Å². The Morgan fingerprint density at radius 3 is 2.42 bits per heavy atom. The van der Waals surface area contributed by atoms with Gasteiger partial charge < -0.3 is 15.2 Å². The number of hydrogen-bond donors (Lipinski definition) is 1. The van der Waals surface area contributed by atoms with Crippen molar-refractivity contribution in [2.24, 2.45) is 17.6 Å². The second-order valence-corrected chi connectivity index (χ2v) is 9.62. The van der Waals surface area contributed by atoms with E-state index in [1.807, 2.05) is 32.0 Å². The average molecular weight is 463 g/mol. The van der Waals surface area contributed by atoms with E-state index in [4.69, 9.17) is 21.9 Å². The maximum Gasteiger partial charge on any atom is 0.141 e. The van der Waals surface area contributed by atoms with Crippen LogP contribution in [0.4, 0.5) is 11.4 Å². The highest BCUT2D eigenvalue weighted by atomic mass is 35.5. The molecule has 0 saturated heterocycles. The fourth-order valence-electron chi connectivity index (χ4n) is 4.96. The summed E-state index contributed by atoms with van der Waals surface area (Å²) < 4.78 is 5.43. The Bertz CT molecular complexity index is 1150. The summed E-state index contributed by atoms with van der Waals surface area (Å²) in [6.45, 7) is 7.73. The molecule has 1 heterocycles. The van der Waals surface area contributed by atoms with E-state index in [9.17, 15) is 5.26 Å². The predicted octanol–water partition coefficient (Wildman–Crippen LogP) is 6.70. The van der Waals surface area contributed by atoms with Gasteiger partial charge in [0.15, 0.2) is 0 Å². The van der Waals surface area contributed by atoms with E-state index in [0.717, 1.165) is 47.0 Å². The van der Waals surface area contributed by atoms with E-state index >= 15 is 0 Å². The minimum absolute atomic E-state index is 0.478. The number of rotatable bonds is 6. The number of nitrogens with two attached hydrogens (primary N) is 1. The van der Waals surface area contributed by atoms with Crippen LogP contribution in [0.2, 0.25) is 5.02 Å². The first kappa shape index (κ1) is 23.4. The Kier molecular flexibility index (Phi) is 7.07. The molecule has 3 aromatic rings. The zero-order valence-electron chi connectivity index (χ0n) is 19.6. The van der Waals surface area contributed by atoms with E-state index in [1.165, 1.54) is 31.2 Å². The van der Waals surface area contributed by atoms with Gasteiger partial charge in [-0.25, -0.2) is 0 Å². The molecule has 6 heteroatoms. The second kappa shape index (κ2) is 9.99. The summed E-state index contributed by atoms with van der Waals surface area (Å²) in [4.78, 5) is 2.36. The van der Waals surface area contributed by atoms with Gasteiger partial charge in [0.2, 0.25) is 0 Å². The van der Waals surface area contributed by atoms with Crippen molar-refractivity contribution in [2.75, 3.05) is 18.0 Å². The lowest BCUT2D eigenvalue weighted by Crippen LogP contribution is -2.30. The summed E-state index contributed by atoms with van der Waals surface area (Å²) in [7, 11) is 0.